The van der Waals surface area contributed by atoms with Crippen molar-refractivity contribution in [2.45, 2.75) is 11.6 Å². The molecule has 0 saturated heterocycles. The fraction of sp³-hybridized carbons (Fsp3) is 1.00. The molecule has 30 heavy (non-hydrogen) atoms. The van der Waals surface area contributed by atoms with Gasteiger partial charge in [-0.15, -0.1) is 0 Å². The van der Waals surface area contributed by atoms with Crippen molar-refractivity contribution in [2.24, 2.45) is 5.73 Å². The maximum absolute atomic E-state index is 5.71. The molecule has 0 aliphatic heterocycles. The van der Waals surface area contributed by atoms with Gasteiger partial charge in [-0.25, -0.2) is 0 Å². The zero-order valence-corrected chi connectivity index (χ0v) is 21.7. The molecule has 0 aromatic rings. The van der Waals surface area contributed by atoms with Crippen LogP contribution in [-0.2, 0) is 26.6 Å². The lowest BCUT2D eigenvalue weighted by molar-refractivity contribution is 0.0783. The van der Waals surface area contributed by atoms with Crippen LogP contribution in [0.3, 0.4) is 0 Å². The van der Waals surface area contributed by atoms with Crippen molar-refractivity contribution in [2.75, 3.05) is 102 Å². The van der Waals surface area contributed by atoms with Crippen LogP contribution in [-0.4, -0.2) is 119 Å². The van der Waals surface area contributed by atoms with Crippen molar-refractivity contribution in [3.05, 3.63) is 0 Å². The molecule has 0 aromatic carbocycles. The Labute approximate surface area is 184 Å². The van der Waals surface area contributed by atoms with Gasteiger partial charge in [0, 0.05) is 95.0 Å². The highest BCUT2D eigenvalue weighted by Crippen LogP contribution is 2.37. The zero-order valence-electron chi connectivity index (χ0n) is 19.7. The molecule has 182 valence electrons. The molecule has 6 N–H and O–H groups in total. The van der Waals surface area contributed by atoms with Crippen LogP contribution in [0.2, 0.25) is 5.16 Å². The summed E-state index contributed by atoms with van der Waals surface area (Å²) in [6.45, 7) is 7.70. The Morgan fingerprint density at radius 2 is 0.833 bits per heavy atom. The topological polar surface area (TPSA) is 130 Å². The van der Waals surface area contributed by atoms with Crippen LogP contribution in [0.4, 0.5) is 0 Å². The third-order valence-corrected chi connectivity index (χ3v) is 12.7. The lowest BCUT2D eigenvalue weighted by atomic mass is 10.4. The van der Waals surface area contributed by atoms with E-state index in [0.717, 1.165) is 52.4 Å². The van der Waals surface area contributed by atoms with Gasteiger partial charge in [0.2, 0.25) is 0 Å². The maximum Gasteiger partial charge on any atom is 0.508 e. The van der Waals surface area contributed by atoms with Gasteiger partial charge in [0.05, 0.1) is 0 Å². The Bertz CT molecular complexity index is 359. The summed E-state index contributed by atoms with van der Waals surface area (Å²) < 4.78 is 34.2. The molecule has 0 spiro atoms. The SMILES string of the molecule is CO[Si](OC)(OC)C(CCNCCNCCNCCNCCN)[Si](OC)(OC)OC. The van der Waals surface area contributed by atoms with Gasteiger partial charge in [0.25, 0.3) is 0 Å². The number of hydrogen-bond acceptors (Lipinski definition) is 11. The molecule has 0 aliphatic rings. The Kier molecular flexibility index (Phi) is 18.6. The fourth-order valence-corrected chi connectivity index (χ4v) is 10.9. The summed E-state index contributed by atoms with van der Waals surface area (Å²) in [6.07, 6.45) is 0.681. The standard InChI is InChI=1S/C17H45N5O6Si2/c1-23-29(24-2,25-3)17(30(26-4,27-5)28-6)7-9-19-11-13-21-15-16-22-14-12-20-10-8-18/h17,19-22H,7-16,18H2,1-6H3. The average molecular weight is 472 g/mol. The lowest BCUT2D eigenvalue weighted by Gasteiger charge is -2.39. The highest BCUT2D eigenvalue weighted by molar-refractivity contribution is 6.82. The molecule has 0 saturated carbocycles. The molecule has 0 aliphatic carbocycles. The molecule has 0 heterocycles. The molecule has 0 radical (unpaired) electrons. The summed E-state index contributed by atoms with van der Waals surface area (Å²) in [5.41, 5.74) is 5.43. The van der Waals surface area contributed by atoms with Gasteiger partial charge < -0.3 is 53.6 Å². The van der Waals surface area contributed by atoms with Crippen LogP contribution in [0.1, 0.15) is 6.42 Å². The van der Waals surface area contributed by atoms with Crippen molar-refractivity contribution in [3.8, 4) is 0 Å². The summed E-state index contributed by atoms with van der Waals surface area (Å²) in [6, 6.07) is 0. The first-order chi connectivity index (χ1) is 14.6. The van der Waals surface area contributed by atoms with E-state index in [1.807, 2.05) is 0 Å². The van der Waals surface area contributed by atoms with Crippen molar-refractivity contribution in [1.82, 2.24) is 21.3 Å². The minimum Gasteiger partial charge on any atom is -0.377 e. The first kappa shape index (κ1) is 30.0. The number of rotatable bonds is 22. The van der Waals surface area contributed by atoms with E-state index in [1.165, 1.54) is 0 Å². The first-order valence-electron chi connectivity index (χ1n) is 10.4. The van der Waals surface area contributed by atoms with Crippen molar-refractivity contribution >= 4 is 17.6 Å². The third-order valence-electron chi connectivity index (χ3n) is 4.93. The van der Waals surface area contributed by atoms with Gasteiger partial charge >= 0.3 is 17.6 Å². The molecule has 0 atom stereocenters. The molecule has 11 nitrogen and oxygen atoms in total. The van der Waals surface area contributed by atoms with E-state index in [1.54, 1.807) is 42.7 Å². The monoisotopic (exact) mass is 471 g/mol. The van der Waals surface area contributed by atoms with Gasteiger partial charge in [-0.3, -0.25) is 0 Å². The number of nitrogens with one attached hydrogen (secondary N) is 4. The van der Waals surface area contributed by atoms with Gasteiger partial charge in [-0.05, 0) is 13.0 Å². The van der Waals surface area contributed by atoms with Gasteiger partial charge in [0.15, 0.2) is 0 Å². The third kappa shape index (κ3) is 10.1. The lowest BCUT2D eigenvalue weighted by Crippen LogP contribution is -2.62. The van der Waals surface area contributed by atoms with Crippen molar-refractivity contribution < 1.29 is 26.6 Å². The molecule has 13 heteroatoms. The summed E-state index contributed by atoms with van der Waals surface area (Å²) in [4.78, 5) is 0. The predicted octanol–water partition coefficient (Wildman–Crippen LogP) is -1.64. The Morgan fingerprint density at radius 1 is 0.533 bits per heavy atom. The van der Waals surface area contributed by atoms with Crippen molar-refractivity contribution in [3.63, 3.8) is 0 Å². The molecule has 0 bridgehead atoms. The Hall–Kier alpha value is -0.00623. The maximum atomic E-state index is 5.71. The molecule has 0 amide bonds. The molecular formula is C17H45N5O6Si2. The molecule has 0 fully saturated rings. The van der Waals surface area contributed by atoms with E-state index in [4.69, 9.17) is 32.3 Å². The van der Waals surface area contributed by atoms with E-state index < -0.39 is 17.6 Å². The largest absolute Gasteiger partial charge is 0.508 e. The normalized spacial score (nSPS) is 12.8. The Balaban J connectivity index is 4.30. The highest BCUT2D eigenvalue weighted by Gasteiger charge is 2.63. The number of nitrogens with two attached hydrogens (primary N) is 1. The van der Waals surface area contributed by atoms with Crippen molar-refractivity contribution in [1.29, 1.82) is 0 Å². The summed E-state index contributed by atoms with van der Waals surface area (Å²) in [5, 5.41) is 13.2. The van der Waals surface area contributed by atoms with Gasteiger partial charge in [0.1, 0.15) is 5.16 Å². The second-order valence-electron chi connectivity index (χ2n) is 6.56. The molecule has 0 aromatic heterocycles. The summed E-state index contributed by atoms with van der Waals surface area (Å²) in [7, 11) is 3.46. The first-order valence-corrected chi connectivity index (χ1v) is 14.0. The van der Waals surface area contributed by atoms with Gasteiger partial charge in [-0.1, -0.05) is 0 Å². The van der Waals surface area contributed by atoms with Crippen LogP contribution in [0.5, 0.6) is 0 Å². The molecular weight excluding hydrogens is 426 g/mol. The second-order valence-corrected chi connectivity index (χ2v) is 13.4. The quantitative estimate of drug-likeness (QED) is 0.0920. The van der Waals surface area contributed by atoms with E-state index in [9.17, 15) is 0 Å². The summed E-state index contributed by atoms with van der Waals surface area (Å²) in [5.74, 6) is 0. The van der Waals surface area contributed by atoms with Crippen LogP contribution in [0.25, 0.3) is 0 Å². The van der Waals surface area contributed by atoms with Crippen LogP contribution >= 0.6 is 0 Å². The fourth-order valence-electron chi connectivity index (χ4n) is 3.30. The predicted molar refractivity (Wildman–Crippen MR) is 122 cm³/mol. The van der Waals surface area contributed by atoms with E-state index in [-0.39, 0.29) is 5.16 Å². The zero-order chi connectivity index (χ0) is 22.7. The smallest absolute Gasteiger partial charge is 0.377 e. The second kappa shape index (κ2) is 18.6. The van der Waals surface area contributed by atoms with Crippen LogP contribution < -0.4 is 27.0 Å². The average Bonchev–Trinajstić information content (AvgIpc) is 2.79. The van der Waals surface area contributed by atoms with E-state index in [0.29, 0.717) is 13.0 Å². The number of hydrogen-bond donors (Lipinski definition) is 5. The minimum atomic E-state index is -3.04. The summed E-state index contributed by atoms with van der Waals surface area (Å²) >= 11 is 0. The van der Waals surface area contributed by atoms with Gasteiger partial charge in [-0.2, -0.15) is 0 Å². The highest BCUT2D eigenvalue weighted by atomic mass is 28.5. The van der Waals surface area contributed by atoms with Crippen LogP contribution in [0.15, 0.2) is 0 Å². The molecule has 0 rings (SSSR count). The minimum absolute atomic E-state index is 0.248. The van der Waals surface area contributed by atoms with E-state index >= 15 is 0 Å². The van der Waals surface area contributed by atoms with E-state index in [2.05, 4.69) is 21.3 Å². The Morgan fingerprint density at radius 3 is 1.13 bits per heavy atom. The van der Waals surface area contributed by atoms with Crippen LogP contribution in [0, 0.1) is 0 Å². The molecule has 0 unspecified atom stereocenters.